The maximum atomic E-state index is 12.7. The quantitative estimate of drug-likeness (QED) is 0.459. The minimum absolute atomic E-state index is 0.000215. The molecule has 0 spiro atoms. The van der Waals surface area contributed by atoms with E-state index in [0.29, 0.717) is 12.0 Å². The van der Waals surface area contributed by atoms with Gasteiger partial charge in [-0.05, 0) is 29.7 Å². The van der Waals surface area contributed by atoms with Gasteiger partial charge in [-0.2, -0.15) is 0 Å². The van der Waals surface area contributed by atoms with Crippen molar-refractivity contribution < 1.29 is 33.6 Å². The summed E-state index contributed by atoms with van der Waals surface area (Å²) in [5, 5.41) is 22.5. The summed E-state index contributed by atoms with van der Waals surface area (Å²) in [6, 6.07) is 12.8. The summed E-state index contributed by atoms with van der Waals surface area (Å²) in [6.07, 6.45) is 0.479. The highest BCUT2D eigenvalue weighted by Gasteiger charge is 2.37. The number of rotatable bonds is 6. The number of carboxylic acid groups (broad SMARTS) is 1. The lowest BCUT2D eigenvalue weighted by molar-refractivity contribution is -0.929. The molecule has 1 atom stereocenters. The molecule has 8 nitrogen and oxygen atoms in total. The zero-order chi connectivity index (χ0) is 22.7. The Morgan fingerprint density at radius 1 is 1.16 bits per heavy atom. The van der Waals surface area contributed by atoms with Crippen LogP contribution in [0.25, 0.3) is 0 Å². The monoisotopic (exact) mass is 439 g/mol. The molecule has 2 aromatic rings. The van der Waals surface area contributed by atoms with E-state index in [9.17, 15) is 19.7 Å². The predicted molar refractivity (Wildman–Crippen MR) is 118 cm³/mol. The molecule has 4 rings (SSSR count). The van der Waals surface area contributed by atoms with Crippen molar-refractivity contribution in [3.8, 4) is 5.75 Å². The number of hydrogen-bond donors (Lipinski definition) is 3. The van der Waals surface area contributed by atoms with Crippen molar-refractivity contribution in [2.45, 2.75) is 25.3 Å². The SMILES string of the molecule is C[N+]1(Cc2cccc(CC(=O)N[C@H]3Cc4cccc(C(=O)O)c4OB3O)c2)CCOCC1. The summed E-state index contributed by atoms with van der Waals surface area (Å²) in [6.45, 7) is 4.35. The van der Waals surface area contributed by atoms with Gasteiger partial charge in [0.2, 0.25) is 5.91 Å². The minimum atomic E-state index is -1.32. The van der Waals surface area contributed by atoms with Gasteiger partial charge in [-0.3, -0.25) is 4.79 Å². The molecule has 1 amide bonds. The summed E-state index contributed by atoms with van der Waals surface area (Å²) < 4.78 is 11.8. The Labute approximate surface area is 187 Å². The van der Waals surface area contributed by atoms with Gasteiger partial charge in [-0.1, -0.05) is 30.3 Å². The molecule has 3 N–H and O–H groups in total. The van der Waals surface area contributed by atoms with E-state index in [1.54, 1.807) is 12.1 Å². The number of likely N-dealkylation sites (N-methyl/N-ethyl adjacent to an activating group) is 1. The van der Waals surface area contributed by atoms with Crippen LogP contribution < -0.4 is 9.97 Å². The van der Waals surface area contributed by atoms with Gasteiger partial charge in [0.15, 0.2) is 0 Å². The minimum Gasteiger partial charge on any atom is -0.534 e. The molecular weight excluding hydrogens is 411 g/mol. The summed E-state index contributed by atoms with van der Waals surface area (Å²) in [5.41, 5.74) is 2.72. The number of hydrogen-bond acceptors (Lipinski definition) is 5. The van der Waals surface area contributed by atoms with Gasteiger partial charge in [0, 0.05) is 5.56 Å². The van der Waals surface area contributed by atoms with Gasteiger partial charge in [0.1, 0.15) is 25.4 Å². The normalized spacial score (nSPS) is 19.6. The third-order valence-corrected chi connectivity index (χ3v) is 6.17. The fourth-order valence-corrected chi connectivity index (χ4v) is 4.38. The van der Waals surface area contributed by atoms with Gasteiger partial charge in [0.25, 0.3) is 0 Å². The number of aromatic carboxylic acids is 1. The molecule has 32 heavy (non-hydrogen) atoms. The Morgan fingerprint density at radius 2 is 1.88 bits per heavy atom. The number of carbonyl (C=O) groups excluding carboxylic acids is 1. The highest BCUT2D eigenvalue weighted by molar-refractivity contribution is 6.47. The summed E-state index contributed by atoms with van der Waals surface area (Å²) in [5.74, 6) is -1.84. The van der Waals surface area contributed by atoms with E-state index < -0.39 is 19.0 Å². The largest absolute Gasteiger partial charge is 0.547 e. The van der Waals surface area contributed by atoms with Crippen molar-refractivity contribution in [2.24, 2.45) is 0 Å². The Morgan fingerprint density at radius 3 is 2.62 bits per heavy atom. The van der Waals surface area contributed by atoms with Crippen molar-refractivity contribution in [1.29, 1.82) is 0 Å². The summed E-state index contributed by atoms with van der Waals surface area (Å²) in [7, 11) is 0.907. The van der Waals surface area contributed by atoms with Gasteiger partial charge in [-0.15, -0.1) is 0 Å². The standard InChI is InChI=1S/C23H27BN2O6/c1-26(8-10-31-11-9-26)15-17-5-2-4-16(12-17)13-21(27)25-20-14-18-6-3-7-19(23(28)29)22(18)32-24(20)30/h2-7,12,20,30H,8-11,13-15H2,1H3,(H-,25,27,28,29)/p+1/t20-/m0/s1. The first kappa shape index (κ1) is 22.3. The maximum absolute atomic E-state index is 12.7. The van der Waals surface area contributed by atoms with Crippen molar-refractivity contribution in [2.75, 3.05) is 33.4 Å². The molecule has 2 aromatic carbocycles. The van der Waals surface area contributed by atoms with Crippen molar-refractivity contribution >= 4 is 19.0 Å². The number of benzene rings is 2. The van der Waals surface area contributed by atoms with E-state index in [1.807, 2.05) is 12.1 Å². The van der Waals surface area contributed by atoms with E-state index in [4.69, 9.17) is 9.39 Å². The second kappa shape index (κ2) is 9.32. The van der Waals surface area contributed by atoms with Gasteiger partial charge in [0.05, 0.1) is 38.2 Å². The average Bonchev–Trinajstić information content (AvgIpc) is 2.74. The van der Waals surface area contributed by atoms with Crippen LogP contribution in [0.2, 0.25) is 0 Å². The topological polar surface area (TPSA) is 105 Å². The Bertz CT molecular complexity index is 1010. The van der Waals surface area contributed by atoms with Crippen molar-refractivity contribution in [3.05, 3.63) is 64.7 Å². The number of nitrogens with zero attached hydrogens (tertiary/aromatic N) is 1. The van der Waals surface area contributed by atoms with E-state index in [0.717, 1.165) is 42.9 Å². The first-order valence-corrected chi connectivity index (χ1v) is 10.8. The van der Waals surface area contributed by atoms with Gasteiger partial charge < -0.3 is 29.3 Å². The molecule has 0 radical (unpaired) electrons. The fraction of sp³-hybridized carbons (Fsp3) is 0.391. The smallest absolute Gasteiger partial charge is 0.534 e. The Balaban J connectivity index is 1.39. The maximum Gasteiger partial charge on any atom is 0.547 e. The number of fused-ring (bicyclic) bond motifs is 1. The van der Waals surface area contributed by atoms with E-state index in [-0.39, 0.29) is 23.6 Å². The molecule has 0 unspecified atom stereocenters. The Hall–Kier alpha value is -2.88. The summed E-state index contributed by atoms with van der Waals surface area (Å²) >= 11 is 0. The average molecular weight is 439 g/mol. The van der Waals surface area contributed by atoms with E-state index in [1.165, 1.54) is 11.6 Å². The fourth-order valence-electron chi connectivity index (χ4n) is 4.38. The third-order valence-electron chi connectivity index (χ3n) is 6.17. The number of para-hydroxylation sites is 1. The van der Waals surface area contributed by atoms with Gasteiger partial charge >= 0.3 is 13.1 Å². The number of carboxylic acids is 1. The van der Waals surface area contributed by atoms with E-state index >= 15 is 0 Å². The number of quaternary nitrogens is 1. The van der Waals surface area contributed by atoms with Crippen LogP contribution in [0.3, 0.4) is 0 Å². The molecule has 9 heteroatoms. The molecule has 0 aromatic heterocycles. The van der Waals surface area contributed by atoms with Crippen LogP contribution in [-0.2, 0) is 28.9 Å². The lowest BCUT2D eigenvalue weighted by Gasteiger charge is -2.37. The van der Waals surface area contributed by atoms with Crippen LogP contribution in [0.1, 0.15) is 27.0 Å². The number of nitrogens with one attached hydrogen (secondary N) is 1. The number of carbonyl (C=O) groups is 2. The molecular formula is C23H28BN2O6+. The van der Waals surface area contributed by atoms with Crippen molar-refractivity contribution in [3.63, 3.8) is 0 Å². The zero-order valence-corrected chi connectivity index (χ0v) is 18.1. The number of ether oxygens (including phenoxy) is 1. The molecule has 0 saturated carbocycles. The molecule has 0 bridgehead atoms. The third kappa shape index (κ3) is 5.12. The number of morpholine rings is 1. The predicted octanol–water partition coefficient (Wildman–Crippen LogP) is 1.04. The zero-order valence-electron chi connectivity index (χ0n) is 18.1. The summed E-state index contributed by atoms with van der Waals surface area (Å²) in [4.78, 5) is 24.1. The molecule has 2 aliphatic rings. The first-order chi connectivity index (χ1) is 15.3. The van der Waals surface area contributed by atoms with Crippen LogP contribution in [0.5, 0.6) is 5.75 Å². The lowest BCUT2D eigenvalue weighted by Crippen LogP contribution is -2.53. The molecule has 2 aliphatic heterocycles. The highest BCUT2D eigenvalue weighted by Crippen LogP contribution is 2.30. The van der Waals surface area contributed by atoms with Crippen LogP contribution in [-0.4, -0.2) is 72.9 Å². The highest BCUT2D eigenvalue weighted by atomic mass is 16.5. The van der Waals surface area contributed by atoms with Crippen LogP contribution in [0.15, 0.2) is 42.5 Å². The van der Waals surface area contributed by atoms with E-state index in [2.05, 4.69) is 24.5 Å². The molecule has 168 valence electrons. The number of amides is 1. The second-order valence-corrected chi connectivity index (χ2v) is 8.82. The Kier molecular flexibility index (Phi) is 6.50. The molecule has 1 saturated heterocycles. The molecule has 0 aliphatic carbocycles. The lowest BCUT2D eigenvalue weighted by atomic mass is 9.72. The molecule has 2 heterocycles. The second-order valence-electron chi connectivity index (χ2n) is 8.82. The van der Waals surface area contributed by atoms with Crippen LogP contribution in [0.4, 0.5) is 0 Å². The van der Waals surface area contributed by atoms with Crippen LogP contribution in [0, 0.1) is 0 Å². The van der Waals surface area contributed by atoms with Crippen molar-refractivity contribution in [1.82, 2.24) is 5.32 Å². The van der Waals surface area contributed by atoms with Gasteiger partial charge in [-0.25, -0.2) is 4.79 Å². The molecule has 1 fully saturated rings. The van der Waals surface area contributed by atoms with Crippen LogP contribution >= 0.6 is 0 Å². The first-order valence-electron chi connectivity index (χ1n) is 10.8.